The van der Waals surface area contributed by atoms with Gasteiger partial charge >= 0.3 is 0 Å². The molecule has 0 spiro atoms. The van der Waals surface area contributed by atoms with Crippen molar-refractivity contribution in [3.63, 3.8) is 0 Å². The molecule has 1 unspecified atom stereocenters. The first-order chi connectivity index (χ1) is 10.6. The van der Waals surface area contributed by atoms with E-state index in [-0.39, 0.29) is 11.6 Å². The van der Waals surface area contributed by atoms with Gasteiger partial charge in [0, 0.05) is 6.20 Å². The normalized spacial score (nSPS) is 12.4. The van der Waals surface area contributed by atoms with E-state index in [1.54, 1.807) is 22.9 Å². The molecule has 110 valence electrons. The van der Waals surface area contributed by atoms with Crippen molar-refractivity contribution >= 4 is 22.5 Å². The molecule has 0 bridgehead atoms. The number of aromatic nitrogens is 3. The molecule has 1 atom stereocenters. The highest BCUT2D eigenvalue weighted by Crippen LogP contribution is 2.17. The fourth-order valence-corrected chi connectivity index (χ4v) is 2.58. The minimum Gasteiger partial charge on any atom is -0.317 e. The van der Waals surface area contributed by atoms with Crippen LogP contribution in [-0.2, 0) is 0 Å². The van der Waals surface area contributed by atoms with Crippen molar-refractivity contribution in [1.82, 2.24) is 9.38 Å². The second-order valence-electron chi connectivity index (χ2n) is 5.27. The van der Waals surface area contributed by atoms with Crippen LogP contribution in [0.15, 0.2) is 35.3 Å². The fraction of sp³-hybridized carbons (Fsp3) is 0.250. The molecule has 0 amide bonds. The van der Waals surface area contributed by atoms with E-state index in [1.165, 1.54) is 10.5 Å². The van der Waals surface area contributed by atoms with Gasteiger partial charge in [-0.3, -0.25) is 9.20 Å². The van der Waals surface area contributed by atoms with Crippen molar-refractivity contribution in [3.05, 3.63) is 46.4 Å². The van der Waals surface area contributed by atoms with Crippen LogP contribution in [0.3, 0.4) is 0 Å². The molecule has 3 rings (SSSR count). The third kappa shape index (κ3) is 1.91. The van der Waals surface area contributed by atoms with Crippen molar-refractivity contribution in [2.45, 2.75) is 26.3 Å². The fourth-order valence-electron chi connectivity index (χ4n) is 2.58. The van der Waals surface area contributed by atoms with E-state index in [9.17, 15) is 10.1 Å². The monoisotopic (exact) mass is 294 g/mol. The van der Waals surface area contributed by atoms with Crippen LogP contribution >= 0.6 is 0 Å². The van der Waals surface area contributed by atoms with Gasteiger partial charge in [-0.15, -0.1) is 0 Å². The second kappa shape index (κ2) is 5.11. The standard InChI is InChI=1S/C16H15N5O/c1-3-10(2)21-14(18)11(9-17)8-12-15(21)19-13-6-4-5-7-20(13)16(12)22/h4-8,10,18H,3H2,1-2H3/p+1. The predicted octanol–water partition coefficient (Wildman–Crippen LogP) is 1.56. The molecule has 3 aromatic rings. The molecule has 3 aromatic heterocycles. The summed E-state index contributed by atoms with van der Waals surface area (Å²) in [6, 6.07) is 8.99. The smallest absolute Gasteiger partial charge is 0.278 e. The van der Waals surface area contributed by atoms with E-state index >= 15 is 0 Å². The maximum atomic E-state index is 12.7. The Morgan fingerprint density at radius 2 is 2.27 bits per heavy atom. The lowest BCUT2D eigenvalue weighted by Gasteiger charge is -2.14. The maximum Gasteiger partial charge on any atom is 0.278 e. The topological polar surface area (TPSA) is 88.1 Å². The first kappa shape index (κ1) is 14.0. The molecule has 0 fully saturated rings. The molecule has 0 saturated carbocycles. The van der Waals surface area contributed by atoms with Gasteiger partial charge in [0.05, 0.1) is 6.04 Å². The van der Waals surface area contributed by atoms with Gasteiger partial charge in [0.15, 0.2) is 0 Å². The average molecular weight is 294 g/mol. The van der Waals surface area contributed by atoms with E-state index in [0.717, 1.165) is 6.42 Å². The highest BCUT2D eigenvalue weighted by atomic mass is 16.1. The van der Waals surface area contributed by atoms with Crippen LogP contribution in [0.2, 0.25) is 0 Å². The van der Waals surface area contributed by atoms with E-state index in [4.69, 9.17) is 5.73 Å². The Labute approximate surface area is 127 Å². The minimum atomic E-state index is -0.200. The molecule has 22 heavy (non-hydrogen) atoms. The number of nitrogens with two attached hydrogens (primary N) is 1. The number of fused-ring (bicyclic) bond motifs is 2. The SMILES string of the molecule is CCC(C)[n+]1c(N)c(C#N)cc2c(=O)n3ccccc3nc21. The summed E-state index contributed by atoms with van der Waals surface area (Å²) in [7, 11) is 0. The number of anilines is 1. The first-order valence-electron chi connectivity index (χ1n) is 7.13. The highest BCUT2D eigenvalue weighted by Gasteiger charge is 2.23. The molecule has 0 aliphatic heterocycles. The lowest BCUT2D eigenvalue weighted by molar-refractivity contribution is -0.683. The zero-order valence-electron chi connectivity index (χ0n) is 12.4. The Balaban J connectivity index is 2.58. The lowest BCUT2D eigenvalue weighted by Crippen LogP contribution is -2.43. The van der Waals surface area contributed by atoms with Gasteiger partial charge in [-0.05, 0) is 31.5 Å². The van der Waals surface area contributed by atoms with Crippen molar-refractivity contribution in [2.24, 2.45) is 0 Å². The molecular formula is C16H16N5O+. The molecule has 0 aromatic carbocycles. The number of pyridine rings is 2. The summed E-state index contributed by atoms with van der Waals surface area (Å²) in [6.07, 6.45) is 2.48. The molecule has 2 N–H and O–H groups in total. The average Bonchev–Trinajstić information content (AvgIpc) is 2.54. The van der Waals surface area contributed by atoms with Gasteiger partial charge in [-0.1, -0.05) is 18.0 Å². The van der Waals surface area contributed by atoms with Crippen LogP contribution in [0.4, 0.5) is 5.82 Å². The molecule has 0 aliphatic rings. The van der Waals surface area contributed by atoms with E-state index in [1.807, 2.05) is 19.9 Å². The van der Waals surface area contributed by atoms with Crippen LogP contribution in [0.5, 0.6) is 0 Å². The lowest BCUT2D eigenvalue weighted by atomic mass is 10.1. The highest BCUT2D eigenvalue weighted by molar-refractivity contribution is 5.76. The summed E-state index contributed by atoms with van der Waals surface area (Å²) in [5, 5.41) is 9.69. The number of nitrogens with zero attached hydrogens (tertiary/aromatic N) is 4. The Hall–Kier alpha value is -2.94. The third-order valence-corrected chi connectivity index (χ3v) is 3.95. The number of rotatable bonds is 2. The van der Waals surface area contributed by atoms with Gasteiger partial charge in [0.1, 0.15) is 17.0 Å². The zero-order chi connectivity index (χ0) is 15.9. The zero-order valence-corrected chi connectivity index (χ0v) is 12.4. The van der Waals surface area contributed by atoms with Crippen molar-refractivity contribution < 1.29 is 4.57 Å². The molecule has 6 nitrogen and oxygen atoms in total. The summed E-state index contributed by atoms with van der Waals surface area (Å²) in [5.41, 5.74) is 7.29. The Morgan fingerprint density at radius 3 is 2.95 bits per heavy atom. The number of hydrogen-bond donors (Lipinski definition) is 1. The maximum absolute atomic E-state index is 12.7. The molecular weight excluding hydrogens is 278 g/mol. The van der Waals surface area contributed by atoms with E-state index in [2.05, 4.69) is 11.1 Å². The Morgan fingerprint density at radius 1 is 1.50 bits per heavy atom. The number of nitrogen functional groups attached to an aromatic ring is 1. The van der Waals surface area contributed by atoms with Gasteiger partial charge in [-0.2, -0.15) is 5.26 Å². The predicted molar refractivity (Wildman–Crippen MR) is 83.3 cm³/mol. The first-order valence-corrected chi connectivity index (χ1v) is 7.13. The van der Waals surface area contributed by atoms with Crippen LogP contribution < -0.4 is 15.9 Å². The largest absolute Gasteiger partial charge is 0.317 e. The van der Waals surface area contributed by atoms with Gasteiger partial charge < -0.3 is 5.73 Å². The van der Waals surface area contributed by atoms with Crippen LogP contribution in [0.25, 0.3) is 16.7 Å². The van der Waals surface area contributed by atoms with Gasteiger partial charge in [0.2, 0.25) is 11.5 Å². The summed E-state index contributed by atoms with van der Waals surface area (Å²) in [6.45, 7) is 4.02. The van der Waals surface area contributed by atoms with Crippen LogP contribution in [0.1, 0.15) is 31.9 Å². The van der Waals surface area contributed by atoms with E-state index in [0.29, 0.717) is 28.1 Å². The van der Waals surface area contributed by atoms with Gasteiger partial charge in [0.25, 0.3) is 11.2 Å². The molecule has 0 radical (unpaired) electrons. The van der Waals surface area contributed by atoms with Crippen molar-refractivity contribution in [2.75, 3.05) is 5.73 Å². The summed E-state index contributed by atoms with van der Waals surface area (Å²) in [4.78, 5) is 17.3. The quantitative estimate of drug-likeness (QED) is 0.574. The molecule has 3 heterocycles. The Bertz CT molecular complexity index is 984. The minimum absolute atomic E-state index is 0.0360. The van der Waals surface area contributed by atoms with Crippen molar-refractivity contribution in [1.29, 1.82) is 5.26 Å². The number of hydrogen-bond acceptors (Lipinski definition) is 4. The summed E-state index contributed by atoms with van der Waals surface area (Å²) < 4.78 is 3.25. The molecule has 0 aliphatic carbocycles. The van der Waals surface area contributed by atoms with Crippen LogP contribution in [0, 0.1) is 11.3 Å². The summed E-state index contributed by atoms with van der Waals surface area (Å²) in [5.74, 6) is 0.344. The van der Waals surface area contributed by atoms with Gasteiger partial charge in [-0.25, -0.2) is 4.57 Å². The molecule has 0 saturated heterocycles. The van der Waals surface area contributed by atoms with Crippen molar-refractivity contribution in [3.8, 4) is 6.07 Å². The third-order valence-electron chi connectivity index (χ3n) is 3.95. The van der Waals surface area contributed by atoms with Crippen LogP contribution in [-0.4, -0.2) is 9.38 Å². The molecule has 6 heteroatoms. The second-order valence-corrected chi connectivity index (χ2v) is 5.27. The number of nitriles is 1. The Kier molecular flexibility index (Phi) is 3.26. The summed E-state index contributed by atoms with van der Waals surface area (Å²) >= 11 is 0. The van der Waals surface area contributed by atoms with E-state index < -0.39 is 0 Å².